The predicted octanol–water partition coefficient (Wildman–Crippen LogP) is 17.8. The number of ether oxygens (including phenoxy) is 20. The lowest BCUT2D eigenvalue weighted by atomic mass is 10.1. The summed E-state index contributed by atoms with van der Waals surface area (Å²) in [6.07, 6.45) is -1.09. The largest absolute Gasteiger partial charge is 0.514 e. The standard InChI is InChI=1S/C28H37NO9.C25H33NO7S.C24H30ClNO7.C23H29NO7/c1-27(2,3)37-25(31)29-22(24(30)35-17-19-11-14-21(33-7)16-23(19)34-8)15-18-9-12-20(13-10-18)36-26(32)38-28(4,5)6;1-25(2,3)33-24(28)26-21(13-17-7-10-19(11-8-17)32-16-34-6)23(27)31-15-18-9-12-20(29-4)14-22(18)30-5;1-24(2,3)33-23(28)26-20(12-16-6-9-18(10-7-16)32-15-25)22(27)31-14-17-8-11-19(29-4)13-21(17)30-5;1-23(2,3)31-22(27)24-19(12-15-6-9-17(25)10-7-15)21(26)30-14-16-8-11-18(28-4)13-20(16)29-5/h9-14,16,22H,15,17H2,1-8H3,(H,29,31);7-12,14,21H,13,15-16H2,1-6H3,(H,26,28);6-11,13,20H,12,14-15H2,1-5H3,(H,26,28);6-11,13,19,25H,12,14H2,1-5H3,(H,24,27)/t22-;21-;20-;19-/m1111/s1. The molecule has 136 heavy (non-hydrogen) atoms. The lowest BCUT2D eigenvalue weighted by molar-refractivity contribution is -0.148. The molecule has 8 aromatic rings. The Balaban J connectivity index is 0.000000321. The molecule has 0 spiro atoms. The van der Waals surface area contributed by atoms with Gasteiger partial charge in [0.05, 0.1) is 56.9 Å². The molecule has 8 rings (SSSR count). The van der Waals surface area contributed by atoms with Crippen LogP contribution < -0.4 is 73.4 Å². The van der Waals surface area contributed by atoms with Gasteiger partial charge < -0.3 is 121 Å². The van der Waals surface area contributed by atoms with Gasteiger partial charge in [-0.2, -0.15) is 0 Å². The molecule has 34 nitrogen and oxygen atoms in total. The lowest BCUT2D eigenvalue weighted by Crippen LogP contribution is -2.45. The zero-order valence-electron chi connectivity index (χ0n) is 81.6. The van der Waals surface area contributed by atoms with Crippen LogP contribution in [0.25, 0.3) is 0 Å². The molecule has 0 aliphatic rings. The third-order valence-electron chi connectivity index (χ3n) is 18.0. The summed E-state index contributed by atoms with van der Waals surface area (Å²) < 4.78 is 106. The van der Waals surface area contributed by atoms with E-state index in [0.717, 1.165) is 22.4 Å². The van der Waals surface area contributed by atoms with Crippen molar-refractivity contribution < 1.29 is 143 Å². The second-order valence-corrected chi connectivity index (χ2v) is 35.8. The monoisotopic (exact) mass is 1930 g/mol. The van der Waals surface area contributed by atoms with Crippen LogP contribution in [-0.4, -0.2) is 187 Å². The van der Waals surface area contributed by atoms with Gasteiger partial charge in [0.2, 0.25) is 0 Å². The van der Waals surface area contributed by atoms with Crippen molar-refractivity contribution >= 4 is 77.8 Å². The summed E-state index contributed by atoms with van der Waals surface area (Å²) in [5, 5.41) is 19.9. The first-order valence-corrected chi connectivity index (χ1v) is 44.8. The van der Waals surface area contributed by atoms with E-state index in [2.05, 4.69) is 21.3 Å². The number of rotatable bonds is 38. The first-order chi connectivity index (χ1) is 64.1. The van der Waals surface area contributed by atoms with Crippen molar-refractivity contribution in [3.63, 3.8) is 0 Å². The van der Waals surface area contributed by atoms with Gasteiger partial charge in [0, 0.05) is 72.2 Å². The fourth-order valence-corrected chi connectivity index (χ4v) is 12.1. The molecule has 0 fully saturated rings. The molecule has 0 saturated heterocycles. The van der Waals surface area contributed by atoms with E-state index in [0.29, 0.717) is 85.5 Å². The van der Waals surface area contributed by atoms with Crippen LogP contribution in [0.4, 0.5) is 24.0 Å². The Kier molecular flexibility index (Phi) is 45.9. The van der Waals surface area contributed by atoms with E-state index in [1.165, 1.54) is 47.7 Å². The molecule has 0 aliphatic heterocycles. The second kappa shape index (κ2) is 55.3. The zero-order chi connectivity index (χ0) is 101. The molecule has 8 aromatic carbocycles. The Morgan fingerprint density at radius 2 is 0.537 bits per heavy atom. The van der Waals surface area contributed by atoms with Crippen LogP contribution in [0.2, 0.25) is 0 Å². The van der Waals surface area contributed by atoms with Crippen molar-refractivity contribution in [2.75, 3.05) is 75.1 Å². The van der Waals surface area contributed by atoms with E-state index in [4.69, 9.17) is 106 Å². The first-order valence-electron chi connectivity index (χ1n) is 42.8. The molecule has 36 heteroatoms. The molecule has 0 radical (unpaired) electrons. The van der Waals surface area contributed by atoms with E-state index in [1.807, 2.05) is 30.5 Å². The summed E-state index contributed by atoms with van der Waals surface area (Å²) >= 11 is 7.15. The molecule has 4 amide bonds. The number of hydrogen-bond donors (Lipinski definition) is 5. The molecule has 0 aromatic heterocycles. The average molecular weight is 1930 g/mol. The first kappa shape index (κ1) is 113. The SMILES string of the molecule is COc1ccc(COC(=O)[C@@H](Cc2ccc(O)cc2)NC(=O)OC(C)(C)C)c(OC)c1.COc1ccc(COC(=O)[C@@H](Cc2ccc(OC(=O)OC(C)(C)C)cc2)NC(=O)OC(C)(C)C)c(OC)c1.COc1ccc(COC(=O)[C@@H](Cc2ccc(OCCl)cc2)NC(=O)OC(C)(C)C)c(OC)c1.COc1ccc(COC(=O)[C@@H](Cc2ccc(OCSC)cc2)NC(=O)OC(C)(C)C)c(OC)c1. The average Bonchev–Trinajstić information content (AvgIpc) is 0.859. The van der Waals surface area contributed by atoms with Gasteiger partial charge in [-0.15, -0.1) is 11.8 Å². The highest BCUT2D eigenvalue weighted by molar-refractivity contribution is 7.98. The van der Waals surface area contributed by atoms with E-state index in [-0.39, 0.29) is 69.7 Å². The van der Waals surface area contributed by atoms with Crippen LogP contribution in [-0.2, 0) is 114 Å². The molecule has 742 valence electrons. The second-order valence-electron chi connectivity index (χ2n) is 34.7. The Bertz CT molecular complexity index is 5120. The number of alkyl halides is 1. The summed E-state index contributed by atoms with van der Waals surface area (Å²) in [4.78, 5) is 113. The Labute approximate surface area is 804 Å². The third kappa shape index (κ3) is 43.6. The Morgan fingerprint density at radius 1 is 0.309 bits per heavy atom. The van der Waals surface area contributed by atoms with Crippen LogP contribution in [0, 0.1) is 0 Å². The third-order valence-corrected chi connectivity index (χ3v) is 18.4. The molecular formula is C100H129ClN4O30S. The summed E-state index contributed by atoms with van der Waals surface area (Å²) in [6.45, 7) is 25.9. The number of amides is 4. The number of aromatic hydroxyl groups is 1. The number of hydrogen-bond acceptors (Lipinski definition) is 31. The molecule has 0 unspecified atom stereocenters. The van der Waals surface area contributed by atoms with Crippen molar-refractivity contribution in [1.29, 1.82) is 0 Å². The number of benzene rings is 8. The zero-order valence-corrected chi connectivity index (χ0v) is 83.2. The summed E-state index contributed by atoms with van der Waals surface area (Å²) in [6, 6.07) is 44.0. The van der Waals surface area contributed by atoms with Crippen LogP contribution in [0.1, 0.15) is 148 Å². The van der Waals surface area contributed by atoms with Crippen molar-refractivity contribution in [2.45, 2.75) is 208 Å². The van der Waals surface area contributed by atoms with Crippen molar-refractivity contribution in [1.82, 2.24) is 21.3 Å². The van der Waals surface area contributed by atoms with E-state index >= 15 is 0 Å². The van der Waals surface area contributed by atoms with Gasteiger partial charge in [0.15, 0.2) is 6.07 Å². The summed E-state index contributed by atoms with van der Waals surface area (Å²) in [5.74, 6) is 4.27. The van der Waals surface area contributed by atoms with E-state index in [1.54, 1.807) is 270 Å². The molecular weight excluding hydrogens is 1800 g/mol. The lowest BCUT2D eigenvalue weighted by Gasteiger charge is -2.23. The fourth-order valence-electron chi connectivity index (χ4n) is 11.7. The minimum absolute atomic E-state index is 0.0278. The van der Waals surface area contributed by atoms with Crippen LogP contribution >= 0.6 is 23.4 Å². The Hall–Kier alpha value is -13.6. The molecule has 0 heterocycles. The molecule has 0 aliphatic carbocycles. The number of nitrogens with one attached hydrogen (secondary N) is 4. The Morgan fingerprint density at radius 3 is 0.757 bits per heavy atom. The minimum atomic E-state index is -1.05. The number of esters is 4. The topological polar surface area (TPSA) is 407 Å². The summed E-state index contributed by atoms with van der Waals surface area (Å²) in [7, 11) is 12.3. The normalized spacial score (nSPS) is 11.9. The van der Waals surface area contributed by atoms with Gasteiger partial charge in [0.1, 0.15) is 154 Å². The smallest absolute Gasteiger partial charge is 0.508 e. The number of phenolic OH excluding ortho intramolecular Hbond substituents is 1. The summed E-state index contributed by atoms with van der Waals surface area (Å²) in [5.41, 5.74) is 2.07. The van der Waals surface area contributed by atoms with Gasteiger partial charge in [-0.25, -0.2) is 43.2 Å². The van der Waals surface area contributed by atoms with E-state index < -0.39 is 107 Å². The quantitative estimate of drug-likeness (QED) is 0.00789. The van der Waals surface area contributed by atoms with Gasteiger partial charge in [0.25, 0.3) is 0 Å². The fraction of sp³-hybridized carbons (Fsp3) is 0.430. The van der Waals surface area contributed by atoms with Crippen molar-refractivity contribution in [3.8, 4) is 69.0 Å². The number of carbonyl (C=O) groups excluding carboxylic acids is 9. The van der Waals surface area contributed by atoms with Gasteiger partial charge in [-0.3, -0.25) is 0 Å². The van der Waals surface area contributed by atoms with Crippen molar-refractivity contribution in [2.24, 2.45) is 0 Å². The van der Waals surface area contributed by atoms with Crippen LogP contribution in [0.15, 0.2) is 170 Å². The molecule has 5 N–H and O–H groups in total. The highest BCUT2D eigenvalue weighted by Gasteiger charge is 2.33. The molecule has 4 atom stereocenters. The highest BCUT2D eigenvalue weighted by Crippen LogP contribution is 2.32. The van der Waals surface area contributed by atoms with Gasteiger partial charge in [-0.1, -0.05) is 60.1 Å². The van der Waals surface area contributed by atoms with Gasteiger partial charge >= 0.3 is 54.4 Å². The van der Waals surface area contributed by atoms with Crippen LogP contribution in [0.5, 0.6) is 69.0 Å². The minimum Gasteiger partial charge on any atom is -0.508 e. The number of halogens is 1. The maximum absolute atomic E-state index is 13.0. The number of phenols is 1. The predicted molar refractivity (Wildman–Crippen MR) is 509 cm³/mol. The number of thioether (sulfide) groups is 1. The number of carbonyl (C=O) groups is 9. The maximum Gasteiger partial charge on any atom is 0.514 e. The number of methoxy groups -OCH3 is 8. The van der Waals surface area contributed by atoms with Gasteiger partial charge in [-0.05, 0) is 229 Å². The molecule has 0 saturated carbocycles. The van der Waals surface area contributed by atoms with E-state index in [9.17, 15) is 48.3 Å². The number of alkyl carbamates (subject to hydrolysis) is 4. The maximum atomic E-state index is 13.0. The van der Waals surface area contributed by atoms with Crippen molar-refractivity contribution in [3.05, 3.63) is 214 Å². The van der Waals surface area contributed by atoms with Crippen LogP contribution in [0.3, 0.4) is 0 Å². The molecule has 0 bridgehead atoms. The highest BCUT2D eigenvalue weighted by atomic mass is 35.5.